The number of rotatable bonds is 5. The van der Waals surface area contributed by atoms with Gasteiger partial charge in [-0.1, -0.05) is 18.2 Å². The maximum absolute atomic E-state index is 12.8. The second kappa shape index (κ2) is 8.52. The fourth-order valence-corrected chi connectivity index (χ4v) is 3.73. The maximum Gasteiger partial charge on any atom is 0.254 e. The third-order valence-electron chi connectivity index (χ3n) is 5.38. The molecule has 0 aromatic heterocycles. The number of benzene rings is 1. The highest BCUT2D eigenvalue weighted by Gasteiger charge is 2.37. The molecule has 7 heteroatoms. The van der Waals surface area contributed by atoms with Gasteiger partial charge in [-0.05, 0) is 18.6 Å². The van der Waals surface area contributed by atoms with Gasteiger partial charge in [0.1, 0.15) is 0 Å². The zero-order valence-electron chi connectivity index (χ0n) is 16.0. The van der Waals surface area contributed by atoms with E-state index in [0.717, 1.165) is 5.56 Å². The molecular weight excluding hydrogens is 346 g/mol. The van der Waals surface area contributed by atoms with Crippen molar-refractivity contribution in [2.24, 2.45) is 5.92 Å². The summed E-state index contributed by atoms with van der Waals surface area (Å²) >= 11 is 0. The first-order chi connectivity index (χ1) is 13.0. The Balaban J connectivity index is 1.53. The van der Waals surface area contributed by atoms with E-state index in [-0.39, 0.29) is 30.1 Å². The molecule has 1 aromatic carbocycles. The van der Waals surface area contributed by atoms with Crippen LogP contribution in [0.5, 0.6) is 0 Å². The summed E-state index contributed by atoms with van der Waals surface area (Å²) in [5, 5.41) is 0. The van der Waals surface area contributed by atoms with Crippen LogP contribution in [0.3, 0.4) is 0 Å². The van der Waals surface area contributed by atoms with Gasteiger partial charge in [-0.3, -0.25) is 14.4 Å². The van der Waals surface area contributed by atoms with Crippen molar-refractivity contribution in [3.8, 4) is 0 Å². The van der Waals surface area contributed by atoms with Gasteiger partial charge in [-0.15, -0.1) is 0 Å². The highest BCUT2D eigenvalue weighted by Crippen LogP contribution is 2.21. The lowest BCUT2D eigenvalue weighted by Gasteiger charge is -2.36. The van der Waals surface area contributed by atoms with Crippen LogP contribution in [0.1, 0.15) is 22.3 Å². The van der Waals surface area contributed by atoms with Crippen LogP contribution >= 0.6 is 0 Å². The Labute approximate surface area is 159 Å². The van der Waals surface area contributed by atoms with Crippen LogP contribution < -0.4 is 0 Å². The molecule has 2 aliphatic rings. The molecule has 1 atom stereocenters. The fraction of sp³-hybridized carbons (Fsp3) is 0.550. The van der Waals surface area contributed by atoms with Crippen molar-refractivity contribution < 1.29 is 19.1 Å². The predicted octanol–water partition coefficient (Wildman–Crippen LogP) is 0.774. The topological polar surface area (TPSA) is 70.2 Å². The van der Waals surface area contributed by atoms with Crippen molar-refractivity contribution in [2.45, 2.75) is 13.3 Å². The largest absolute Gasteiger partial charge is 0.383 e. The number of piperazine rings is 1. The van der Waals surface area contributed by atoms with Gasteiger partial charge in [0.15, 0.2) is 0 Å². The Kier molecular flexibility index (Phi) is 6.11. The minimum atomic E-state index is -0.284. The summed E-state index contributed by atoms with van der Waals surface area (Å²) in [4.78, 5) is 42.8. The Morgan fingerprint density at radius 3 is 2.44 bits per heavy atom. The smallest absolute Gasteiger partial charge is 0.254 e. The fourth-order valence-electron chi connectivity index (χ4n) is 3.73. The van der Waals surface area contributed by atoms with Crippen molar-refractivity contribution >= 4 is 17.7 Å². The summed E-state index contributed by atoms with van der Waals surface area (Å²) in [7, 11) is 1.60. The molecule has 0 spiro atoms. The number of carbonyl (C=O) groups excluding carboxylic acids is 3. The number of methoxy groups -OCH3 is 1. The molecule has 3 amide bonds. The minimum absolute atomic E-state index is 0.0127. The Morgan fingerprint density at radius 2 is 1.78 bits per heavy atom. The quantitative estimate of drug-likeness (QED) is 0.765. The molecule has 0 N–H and O–H groups in total. The lowest BCUT2D eigenvalue weighted by molar-refractivity contribution is -0.137. The van der Waals surface area contributed by atoms with Gasteiger partial charge in [-0.25, -0.2) is 0 Å². The van der Waals surface area contributed by atoms with E-state index < -0.39 is 0 Å². The van der Waals surface area contributed by atoms with Crippen LogP contribution in [0.2, 0.25) is 0 Å². The van der Waals surface area contributed by atoms with Crippen LogP contribution in [0.25, 0.3) is 0 Å². The van der Waals surface area contributed by atoms with E-state index in [1.807, 2.05) is 31.2 Å². The molecule has 146 valence electrons. The first-order valence-corrected chi connectivity index (χ1v) is 9.41. The van der Waals surface area contributed by atoms with Crippen LogP contribution in [0, 0.1) is 12.8 Å². The highest BCUT2D eigenvalue weighted by atomic mass is 16.5. The normalized spacial score (nSPS) is 20.3. The van der Waals surface area contributed by atoms with Crippen molar-refractivity contribution in [2.75, 3.05) is 53.0 Å². The maximum atomic E-state index is 12.8. The summed E-state index contributed by atoms with van der Waals surface area (Å²) < 4.78 is 5.02. The molecule has 7 nitrogen and oxygen atoms in total. The molecule has 2 heterocycles. The number of amides is 3. The standard InChI is InChI=1S/C20H27N3O4/c1-15-5-3-4-6-17(15)20(26)22-9-7-21(8-10-22)19(25)16-13-18(24)23(14-16)11-12-27-2/h3-6,16H,7-14H2,1-2H3. The summed E-state index contributed by atoms with van der Waals surface area (Å²) in [6.07, 6.45) is 0.269. The predicted molar refractivity (Wildman–Crippen MR) is 100 cm³/mol. The monoisotopic (exact) mass is 373 g/mol. The first-order valence-electron chi connectivity index (χ1n) is 9.41. The first kappa shape index (κ1) is 19.4. The number of nitrogens with zero attached hydrogens (tertiary/aromatic N) is 3. The Hall–Kier alpha value is -2.41. The van der Waals surface area contributed by atoms with Crippen molar-refractivity contribution in [1.29, 1.82) is 0 Å². The third kappa shape index (κ3) is 4.30. The van der Waals surface area contributed by atoms with Gasteiger partial charge in [0.25, 0.3) is 5.91 Å². The van der Waals surface area contributed by atoms with E-state index in [0.29, 0.717) is 51.4 Å². The summed E-state index contributed by atoms with van der Waals surface area (Å²) in [5.74, 6) is -0.236. The third-order valence-corrected chi connectivity index (χ3v) is 5.38. The lowest BCUT2D eigenvalue weighted by atomic mass is 10.1. The van der Waals surface area contributed by atoms with Crippen LogP contribution in [0.15, 0.2) is 24.3 Å². The number of ether oxygens (including phenoxy) is 1. The number of likely N-dealkylation sites (tertiary alicyclic amines) is 1. The SMILES string of the molecule is COCCN1CC(C(=O)N2CCN(C(=O)c3ccccc3C)CC2)CC1=O. The van der Waals surface area contributed by atoms with Gasteiger partial charge in [0, 0.05) is 58.4 Å². The number of hydrogen-bond acceptors (Lipinski definition) is 4. The van der Waals surface area contributed by atoms with E-state index in [1.54, 1.807) is 21.8 Å². The molecule has 0 aliphatic carbocycles. The second-order valence-corrected chi connectivity index (χ2v) is 7.17. The van der Waals surface area contributed by atoms with E-state index in [1.165, 1.54) is 0 Å². The average Bonchev–Trinajstić information content (AvgIpc) is 3.06. The van der Waals surface area contributed by atoms with Gasteiger partial charge in [-0.2, -0.15) is 0 Å². The summed E-state index contributed by atoms with van der Waals surface area (Å²) in [6, 6.07) is 7.56. The molecule has 1 unspecified atom stereocenters. The van der Waals surface area contributed by atoms with Gasteiger partial charge in [0.05, 0.1) is 12.5 Å². The molecule has 0 bridgehead atoms. The van der Waals surface area contributed by atoms with E-state index in [9.17, 15) is 14.4 Å². The van der Waals surface area contributed by atoms with Gasteiger partial charge < -0.3 is 19.4 Å². The number of carbonyl (C=O) groups is 3. The molecule has 0 saturated carbocycles. The van der Waals surface area contributed by atoms with Gasteiger partial charge in [0.2, 0.25) is 11.8 Å². The molecule has 2 aliphatic heterocycles. The van der Waals surface area contributed by atoms with E-state index in [4.69, 9.17) is 4.74 Å². The Morgan fingerprint density at radius 1 is 1.11 bits per heavy atom. The van der Waals surface area contributed by atoms with Crippen molar-refractivity contribution in [3.63, 3.8) is 0 Å². The molecule has 1 aromatic rings. The van der Waals surface area contributed by atoms with E-state index in [2.05, 4.69) is 0 Å². The van der Waals surface area contributed by atoms with Crippen LogP contribution in [-0.2, 0) is 14.3 Å². The molecule has 27 heavy (non-hydrogen) atoms. The minimum Gasteiger partial charge on any atom is -0.383 e. The van der Waals surface area contributed by atoms with Crippen LogP contribution in [0.4, 0.5) is 0 Å². The lowest BCUT2D eigenvalue weighted by Crippen LogP contribution is -2.52. The van der Waals surface area contributed by atoms with Gasteiger partial charge >= 0.3 is 0 Å². The average molecular weight is 373 g/mol. The molecule has 2 fully saturated rings. The molecular formula is C20H27N3O4. The second-order valence-electron chi connectivity index (χ2n) is 7.17. The highest BCUT2D eigenvalue weighted by molar-refractivity contribution is 5.96. The van der Waals surface area contributed by atoms with E-state index >= 15 is 0 Å². The van der Waals surface area contributed by atoms with Crippen LogP contribution in [-0.4, -0.2) is 85.4 Å². The van der Waals surface area contributed by atoms with Crippen molar-refractivity contribution in [1.82, 2.24) is 14.7 Å². The number of aryl methyl sites for hydroxylation is 1. The Bertz CT molecular complexity index is 713. The summed E-state index contributed by atoms with van der Waals surface area (Å²) in [5.41, 5.74) is 1.68. The summed E-state index contributed by atoms with van der Waals surface area (Å²) in [6.45, 7) is 5.46. The zero-order valence-corrected chi connectivity index (χ0v) is 16.0. The number of hydrogen-bond donors (Lipinski definition) is 0. The molecule has 2 saturated heterocycles. The van der Waals surface area contributed by atoms with Crippen molar-refractivity contribution in [3.05, 3.63) is 35.4 Å². The molecule has 3 rings (SSSR count). The molecule has 0 radical (unpaired) electrons. The zero-order chi connectivity index (χ0) is 19.4.